The molecule has 1 unspecified atom stereocenters. The molecule has 2 rings (SSSR count). The van der Waals surface area contributed by atoms with Crippen LogP contribution in [-0.4, -0.2) is 42.7 Å². The zero-order chi connectivity index (χ0) is 20.4. The van der Waals surface area contributed by atoms with Crippen molar-refractivity contribution in [2.24, 2.45) is 4.99 Å². The summed E-state index contributed by atoms with van der Waals surface area (Å²) in [7, 11) is 0. The Labute approximate surface area is 196 Å². The second-order valence-electron chi connectivity index (χ2n) is 6.03. The molecule has 0 bridgehead atoms. The van der Waals surface area contributed by atoms with Crippen LogP contribution in [0.3, 0.4) is 0 Å². The molecule has 2 aromatic carbocycles. The van der Waals surface area contributed by atoms with Crippen LogP contribution in [0.4, 0.5) is 5.69 Å². The highest BCUT2D eigenvalue weighted by atomic mass is 127. The molecule has 0 heterocycles. The minimum absolute atomic E-state index is 0. The van der Waals surface area contributed by atoms with Crippen LogP contribution in [0, 0.1) is 0 Å². The van der Waals surface area contributed by atoms with Gasteiger partial charge in [0.15, 0.2) is 5.96 Å². The molecule has 7 nitrogen and oxygen atoms in total. The van der Waals surface area contributed by atoms with Crippen molar-refractivity contribution in [3.05, 3.63) is 53.0 Å². The van der Waals surface area contributed by atoms with E-state index in [0.29, 0.717) is 24.7 Å². The van der Waals surface area contributed by atoms with Crippen LogP contribution in [0.2, 0.25) is 0 Å². The van der Waals surface area contributed by atoms with E-state index in [1.54, 1.807) is 12.1 Å². The second kappa shape index (κ2) is 13.3. The summed E-state index contributed by atoms with van der Waals surface area (Å²) in [5.41, 5.74) is 0.603. The van der Waals surface area contributed by atoms with Gasteiger partial charge in [-0.25, -0.2) is 4.99 Å². The molecular weight excluding hydrogens is 551 g/mol. The summed E-state index contributed by atoms with van der Waals surface area (Å²) in [4.78, 5) is 16.3. The van der Waals surface area contributed by atoms with Gasteiger partial charge in [-0.05, 0) is 66.2 Å². The molecule has 0 radical (unpaired) electrons. The van der Waals surface area contributed by atoms with Gasteiger partial charge in [-0.1, -0.05) is 12.1 Å². The van der Waals surface area contributed by atoms with Crippen LogP contribution in [0.15, 0.2) is 58.0 Å². The maximum atomic E-state index is 12.1. The fourth-order valence-corrected chi connectivity index (χ4v) is 2.66. The highest BCUT2D eigenvalue weighted by Gasteiger charge is 2.08. The number of carbonyl (C=O) groups is 1. The number of phenols is 1. The molecule has 1 amide bonds. The predicted molar refractivity (Wildman–Crippen MR) is 130 cm³/mol. The van der Waals surface area contributed by atoms with Gasteiger partial charge in [-0.3, -0.25) is 4.79 Å². The maximum Gasteiger partial charge on any atom is 0.246 e. The molecule has 0 aliphatic carbocycles. The van der Waals surface area contributed by atoms with Gasteiger partial charge in [-0.2, -0.15) is 0 Å². The standard InChI is InChI=1S/C20H25BrN4O3.HI/c1-3-22-20(23-12-14(2)28-18-7-5-4-6-17(18)21)24-13-19(27)25-15-8-10-16(26)11-9-15;/h4-11,14,26H,3,12-13H2,1-2H3,(H,25,27)(H2,22,23,24);1H. The molecule has 9 heteroatoms. The van der Waals surface area contributed by atoms with Gasteiger partial charge in [0.1, 0.15) is 24.1 Å². The van der Waals surface area contributed by atoms with E-state index in [2.05, 4.69) is 36.9 Å². The van der Waals surface area contributed by atoms with Gasteiger partial charge < -0.3 is 25.8 Å². The Kier molecular flexibility index (Phi) is 11.4. The summed E-state index contributed by atoms with van der Waals surface area (Å²) in [6, 6.07) is 13.9. The highest BCUT2D eigenvalue weighted by molar-refractivity contribution is 14.0. The number of carbonyl (C=O) groups excluding carboxylic acids is 1. The summed E-state index contributed by atoms with van der Waals surface area (Å²) in [5.74, 6) is 1.20. The lowest BCUT2D eigenvalue weighted by Gasteiger charge is -2.18. The average Bonchev–Trinajstić information content (AvgIpc) is 2.67. The lowest BCUT2D eigenvalue weighted by Crippen LogP contribution is -2.42. The monoisotopic (exact) mass is 576 g/mol. The number of guanidine groups is 1. The Bertz CT molecular complexity index is 803. The quantitative estimate of drug-likeness (QED) is 0.166. The molecule has 0 fully saturated rings. The van der Waals surface area contributed by atoms with E-state index in [0.717, 1.165) is 10.2 Å². The number of rotatable bonds is 8. The summed E-state index contributed by atoms with van der Waals surface area (Å²) in [6.07, 6.45) is -0.103. The van der Waals surface area contributed by atoms with E-state index in [1.165, 1.54) is 12.1 Å². The van der Waals surface area contributed by atoms with Gasteiger partial charge >= 0.3 is 0 Å². The summed E-state index contributed by atoms with van der Waals surface area (Å²) in [5, 5.41) is 18.3. The topological polar surface area (TPSA) is 95.0 Å². The van der Waals surface area contributed by atoms with Crippen LogP contribution in [0.25, 0.3) is 0 Å². The number of nitrogens with one attached hydrogen (secondary N) is 3. The zero-order valence-corrected chi connectivity index (χ0v) is 20.2. The van der Waals surface area contributed by atoms with Gasteiger partial charge in [-0.15, -0.1) is 24.0 Å². The number of hydrogen-bond acceptors (Lipinski definition) is 4. The number of amides is 1. The van der Waals surface area contributed by atoms with Crippen LogP contribution >= 0.6 is 39.9 Å². The normalized spacial score (nSPS) is 11.8. The van der Waals surface area contributed by atoms with Gasteiger partial charge in [0.25, 0.3) is 0 Å². The molecule has 158 valence electrons. The molecule has 0 spiro atoms. The van der Waals surface area contributed by atoms with Crippen molar-refractivity contribution >= 4 is 57.5 Å². The van der Waals surface area contributed by atoms with Gasteiger partial charge in [0.2, 0.25) is 5.91 Å². The number of anilines is 1. The number of halogens is 2. The van der Waals surface area contributed by atoms with E-state index >= 15 is 0 Å². The molecule has 4 N–H and O–H groups in total. The molecule has 0 saturated carbocycles. The summed E-state index contributed by atoms with van der Waals surface area (Å²) in [6.45, 7) is 5.07. The van der Waals surface area contributed by atoms with E-state index in [4.69, 9.17) is 4.74 Å². The largest absolute Gasteiger partial charge is 0.508 e. The molecule has 0 saturated heterocycles. The Balaban J connectivity index is 0.00000420. The van der Waals surface area contributed by atoms with Crippen molar-refractivity contribution in [1.82, 2.24) is 10.6 Å². The third-order valence-electron chi connectivity index (χ3n) is 3.60. The molecule has 0 aliphatic heterocycles. The number of hydrogen-bond donors (Lipinski definition) is 4. The van der Waals surface area contributed by atoms with Crippen molar-refractivity contribution in [2.75, 3.05) is 25.0 Å². The summed E-state index contributed by atoms with van der Waals surface area (Å²) >= 11 is 3.46. The number of ether oxygens (including phenoxy) is 1. The Hall–Kier alpha value is -2.01. The minimum atomic E-state index is -0.250. The first-order valence-electron chi connectivity index (χ1n) is 9.00. The Morgan fingerprint density at radius 2 is 1.86 bits per heavy atom. The third kappa shape index (κ3) is 9.35. The lowest BCUT2D eigenvalue weighted by atomic mass is 10.3. The Morgan fingerprint density at radius 1 is 1.17 bits per heavy atom. The molecule has 2 aromatic rings. The smallest absolute Gasteiger partial charge is 0.246 e. The first-order chi connectivity index (χ1) is 13.5. The van der Waals surface area contributed by atoms with E-state index in [9.17, 15) is 9.90 Å². The molecule has 1 atom stereocenters. The first-order valence-corrected chi connectivity index (χ1v) is 9.79. The second-order valence-corrected chi connectivity index (χ2v) is 6.88. The number of benzene rings is 2. The molecular formula is C20H26BrIN4O3. The third-order valence-corrected chi connectivity index (χ3v) is 4.25. The summed E-state index contributed by atoms with van der Waals surface area (Å²) < 4.78 is 6.79. The molecule has 0 aromatic heterocycles. The van der Waals surface area contributed by atoms with Crippen LogP contribution in [0.1, 0.15) is 13.8 Å². The lowest BCUT2D eigenvalue weighted by molar-refractivity contribution is -0.114. The number of para-hydroxylation sites is 1. The number of phenolic OH excluding ortho intramolecular Hbond substituents is 1. The highest BCUT2D eigenvalue weighted by Crippen LogP contribution is 2.24. The van der Waals surface area contributed by atoms with Crippen LogP contribution in [0.5, 0.6) is 11.5 Å². The van der Waals surface area contributed by atoms with Crippen molar-refractivity contribution < 1.29 is 14.6 Å². The predicted octanol–water partition coefficient (Wildman–Crippen LogP) is 3.73. The SMILES string of the molecule is CCNC(=NCC(=O)Nc1ccc(O)cc1)NCC(C)Oc1ccccc1Br.I. The zero-order valence-electron chi connectivity index (χ0n) is 16.3. The van der Waals surface area contributed by atoms with Crippen molar-refractivity contribution in [3.63, 3.8) is 0 Å². The van der Waals surface area contributed by atoms with E-state index in [-0.39, 0.29) is 48.3 Å². The molecule has 29 heavy (non-hydrogen) atoms. The van der Waals surface area contributed by atoms with Crippen LogP contribution in [-0.2, 0) is 4.79 Å². The fraction of sp³-hybridized carbons (Fsp3) is 0.300. The Morgan fingerprint density at radius 3 is 2.52 bits per heavy atom. The van der Waals surface area contributed by atoms with E-state index in [1.807, 2.05) is 38.1 Å². The van der Waals surface area contributed by atoms with E-state index < -0.39 is 0 Å². The number of nitrogens with zero attached hydrogens (tertiary/aromatic N) is 1. The van der Waals surface area contributed by atoms with Crippen LogP contribution < -0.4 is 20.7 Å². The fourth-order valence-electron chi connectivity index (χ4n) is 2.28. The van der Waals surface area contributed by atoms with Gasteiger partial charge in [0, 0.05) is 12.2 Å². The van der Waals surface area contributed by atoms with Crippen molar-refractivity contribution in [2.45, 2.75) is 20.0 Å². The van der Waals surface area contributed by atoms with Crippen molar-refractivity contribution in [1.29, 1.82) is 0 Å². The minimum Gasteiger partial charge on any atom is -0.508 e. The maximum absolute atomic E-state index is 12.1. The number of aliphatic imine (C=N–C) groups is 1. The number of aromatic hydroxyl groups is 1. The first kappa shape index (κ1) is 25.0. The van der Waals surface area contributed by atoms with Crippen molar-refractivity contribution in [3.8, 4) is 11.5 Å². The average molecular weight is 577 g/mol. The molecule has 0 aliphatic rings. The van der Waals surface area contributed by atoms with Gasteiger partial charge in [0.05, 0.1) is 11.0 Å².